The van der Waals surface area contributed by atoms with E-state index < -0.39 is 17.6 Å². The summed E-state index contributed by atoms with van der Waals surface area (Å²) in [5.41, 5.74) is 3.19. The molecule has 4 heterocycles. The second-order valence-electron chi connectivity index (χ2n) is 11.7. The summed E-state index contributed by atoms with van der Waals surface area (Å²) in [7, 11) is 0. The Balaban J connectivity index is 1.07. The van der Waals surface area contributed by atoms with Crippen LogP contribution in [0.25, 0.3) is 11.0 Å². The number of aromatic carboxylic acids is 1. The number of halogens is 2. The lowest BCUT2D eigenvalue weighted by Gasteiger charge is -2.32. The van der Waals surface area contributed by atoms with Crippen molar-refractivity contribution in [1.82, 2.24) is 29.2 Å². The number of aromatic nitrogens is 5. The number of likely N-dealkylation sites (tertiary alicyclic amines) is 1. The van der Waals surface area contributed by atoms with E-state index in [2.05, 4.69) is 25.6 Å². The quantitative estimate of drug-likeness (QED) is 0.204. The molecule has 0 aliphatic carbocycles. The molecule has 232 valence electrons. The van der Waals surface area contributed by atoms with Crippen molar-refractivity contribution in [2.45, 2.75) is 57.5 Å². The molecule has 1 unspecified atom stereocenters. The third kappa shape index (κ3) is 5.73. The summed E-state index contributed by atoms with van der Waals surface area (Å²) in [6.45, 7) is 5.43. The monoisotopic (exact) mass is 630 g/mol. The first kappa shape index (κ1) is 29.2. The van der Waals surface area contributed by atoms with Crippen LogP contribution in [0.2, 0.25) is 5.02 Å². The number of carboxylic acid groups (broad SMARTS) is 1. The van der Waals surface area contributed by atoms with E-state index >= 15 is 0 Å². The van der Waals surface area contributed by atoms with Crippen molar-refractivity contribution in [1.29, 1.82) is 0 Å². The van der Waals surface area contributed by atoms with Gasteiger partial charge in [0.05, 0.1) is 28.7 Å². The zero-order valence-electron chi connectivity index (χ0n) is 24.7. The number of piperidine rings is 1. The molecule has 0 spiro atoms. The van der Waals surface area contributed by atoms with Crippen LogP contribution in [-0.2, 0) is 25.4 Å². The molecule has 1 N–H and O–H groups in total. The molecule has 1 saturated heterocycles. The summed E-state index contributed by atoms with van der Waals surface area (Å²) in [5.74, 6) is -0.309. The number of hydrogen-bond donors (Lipinski definition) is 1. The molecule has 12 heteroatoms. The number of carbonyl (C=O) groups is 1. The van der Waals surface area contributed by atoms with Gasteiger partial charge in [-0.3, -0.25) is 9.58 Å². The molecule has 5 aromatic rings. The molecule has 45 heavy (non-hydrogen) atoms. The van der Waals surface area contributed by atoms with E-state index in [1.165, 1.54) is 12.4 Å². The molecular weight excluding hydrogens is 599 g/mol. The SMILES string of the molecule is CC1(c2ccc(Cl)cc2F)Oc2cccc(C3CCN(Cc4nc5ccc(C(=O)O)cc5n4CCCn4cncn4)CC3)c2O1. The first-order valence-electron chi connectivity index (χ1n) is 15.0. The van der Waals surface area contributed by atoms with Gasteiger partial charge >= 0.3 is 5.97 Å². The van der Waals surface area contributed by atoms with Gasteiger partial charge in [-0.2, -0.15) is 5.10 Å². The number of rotatable bonds is 9. The molecular formula is C33H32ClFN6O4. The number of fused-ring (bicyclic) bond motifs is 2. The van der Waals surface area contributed by atoms with Gasteiger partial charge in [-0.25, -0.2) is 19.2 Å². The third-order valence-electron chi connectivity index (χ3n) is 8.73. The Morgan fingerprint density at radius 2 is 1.96 bits per heavy atom. The van der Waals surface area contributed by atoms with Gasteiger partial charge in [-0.05, 0) is 80.7 Å². The van der Waals surface area contributed by atoms with E-state index in [0.29, 0.717) is 41.7 Å². The number of para-hydroxylation sites is 1. The second kappa shape index (κ2) is 11.8. The maximum absolute atomic E-state index is 14.8. The summed E-state index contributed by atoms with van der Waals surface area (Å²) < 4.78 is 31.3. The summed E-state index contributed by atoms with van der Waals surface area (Å²) in [4.78, 5) is 23.0. The molecule has 1 fully saturated rings. The minimum absolute atomic E-state index is 0.240. The van der Waals surface area contributed by atoms with Crippen LogP contribution >= 0.6 is 11.6 Å². The van der Waals surface area contributed by atoms with Crippen LogP contribution in [-0.4, -0.2) is 53.4 Å². The van der Waals surface area contributed by atoms with Crippen molar-refractivity contribution in [3.63, 3.8) is 0 Å². The van der Waals surface area contributed by atoms with Crippen LogP contribution in [0.4, 0.5) is 4.39 Å². The highest BCUT2D eigenvalue weighted by Gasteiger charge is 2.43. The minimum Gasteiger partial charge on any atom is -0.478 e. The Morgan fingerprint density at radius 3 is 2.71 bits per heavy atom. The van der Waals surface area contributed by atoms with Gasteiger partial charge in [-0.15, -0.1) is 0 Å². The average molecular weight is 631 g/mol. The summed E-state index contributed by atoms with van der Waals surface area (Å²) in [5, 5.41) is 14.1. The van der Waals surface area contributed by atoms with Crippen molar-refractivity contribution in [2.75, 3.05) is 13.1 Å². The Bertz CT molecular complexity index is 1870. The fraction of sp³-hybridized carbons (Fsp3) is 0.333. The molecule has 0 saturated carbocycles. The maximum atomic E-state index is 14.8. The highest BCUT2D eigenvalue weighted by Crippen LogP contribution is 2.49. The molecule has 0 radical (unpaired) electrons. The summed E-state index contributed by atoms with van der Waals surface area (Å²) in [6, 6.07) is 15.5. The first-order chi connectivity index (χ1) is 21.8. The molecule has 3 aromatic carbocycles. The van der Waals surface area contributed by atoms with E-state index in [1.807, 2.05) is 12.1 Å². The van der Waals surface area contributed by atoms with E-state index in [9.17, 15) is 14.3 Å². The van der Waals surface area contributed by atoms with Gasteiger partial charge in [0.2, 0.25) is 0 Å². The van der Waals surface area contributed by atoms with Gasteiger partial charge in [-0.1, -0.05) is 23.7 Å². The number of ether oxygens (including phenoxy) is 2. The van der Waals surface area contributed by atoms with E-state index in [4.69, 9.17) is 26.1 Å². The molecule has 1 atom stereocenters. The number of aryl methyl sites for hydroxylation is 2. The predicted molar refractivity (Wildman–Crippen MR) is 165 cm³/mol. The largest absolute Gasteiger partial charge is 0.478 e. The average Bonchev–Trinajstić information content (AvgIpc) is 3.75. The van der Waals surface area contributed by atoms with Crippen LogP contribution in [0.1, 0.15) is 59.4 Å². The van der Waals surface area contributed by atoms with Crippen LogP contribution in [0, 0.1) is 5.82 Å². The zero-order chi connectivity index (χ0) is 31.1. The summed E-state index contributed by atoms with van der Waals surface area (Å²) >= 11 is 5.98. The van der Waals surface area contributed by atoms with Crippen LogP contribution < -0.4 is 9.47 Å². The smallest absolute Gasteiger partial charge is 0.335 e. The Hall–Kier alpha value is -4.48. The van der Waals surface area contributed by atoms with Crippen LogP contribution in [0.5, 0.6) is 11.5 Å². The zero-order valence-corrected chi connectivity index (χ0v) is 25.5. The van der Waals surface area contributed by atoms with Crippen molar-refractivity contribution >= 4 is 28.6 Å². The van der Waals surface area contributed by atoms with E-state index in [0.717, 1.165) is 54.8 Å². The lowest BCUT2D eigenvalue weighted by Crippen LogP contribution is -2.34. The second-order valence-corrected chi connectivity index (χ2v) is 12.1. The Kier molecular flexibility index (Phi) is 7.66. The number of imidazole rings is 1. The molecule has 0 bridgehead atoms. The molecule has 10 nitrogen and oxygen atoms in total. The van der Waals surface area contributed by atoms with Gasteiger partial charge in [0.25, 0.3) is 5.79 Å². The van der Waals surface area contributed by atoms with Crippen molar-refractivity contribution < 1.29 is 23.8 Å². The fourth-order valence-electron chi connectivity index (χ4n) is 6.45. The molecule has 0 amide bonds. The lowest BCUT2D eigenvalue weighted by molar-refractivity contribution is -0.0712. The third-order valence-corrected chi connectivity index (χ3v) is 8.97. The highest BCUT2D eigenvalue weighted by molar-refractivity contribution is 6.30. The number of hydrogen-bond acceptors (Lipinski definition) is 7. The number of benzene rings is 3. The molecule has 2 aliphatic rings. The topological polar surface area (TPSA) is 108 Å². The standard InChI is InChI=1S/C33H32ClFN6O4/c1-33(25-8-7-23(34)17-26(25)35)44-29-5-2-4-24(31(29)45-33)21-10-14-39(15-11-21)18-30-38-27-9-6-22(32(42)43)16-28(27)41(30)13-3-12-40-20-36-19-37-40/h2,4-9,16-17,19-21H,3,10-15,18H2,1H3,(H,42,43). The number of carboxylic acids is 1. The fourth-order valence-corrected chi connectivity index (χ4v) is 6.61. The van der Waals surface area contributed by atoms with Crippen molar-refractivity contribution in [2.24, 2.45) is 0 Å². The lowest BCUT2D eigenvalue weighted by atomic mass is 9.88. The first-order valence-corrected chi connectivity index (χ1v) is 15.4. The van der Waals surface area contributed by atoms with Gasteiger partial charge < -0.3 is 19.1 Å². The van der Waals surface area contributed by atoms with Crippen LogP contribution in [0.3, 0.4) is 0 Å². The van der Waals surface area contributed by atoms with Gasteiger partial charge in [0.1, 0.15) is 24.3 Å². The molecule has 7 rings (SSSR count). The maximum Gasteiger partial charge on any atom is 0.335 e. The summed E-state index contributed by atoms with van der Waals surface area (Å²) in [6.07, 6.45) is 5.81. The van der Waals surface area contributed by atoms with Crippen molar-refractivity contribution in [3.8, 4) is 11.5 Å². The molecule has 2 aromatic heterocycles. The van der Waals surface area contributed by atoms with Crippen LogP contribution in [0.15, 0.2) is 67.3 Å². The number of nitrogens with zero attached hydrogens (tertiary/aromatic N) is 6. The van der Waals surface area contributed by atoms with Gasteiger partial charge in [0.15, 0.2) is 11.5 Å². The van der Waals surface area contributed by atoms with E-state index in [-0.39, 0.29) is 11.5 Å². The molecule has 2 aliphatic heterocycles. The Morgan fingerprint density at radius 1 is 1.11 bits per heavy atom. The van der Waals surface area contributed by atoms with E-state index in [1.54, 1.807) is 48.3 Å². The predicted octanol–water partition coefficient (Wildman–Crippen LogP) is 6.23. The van der Waals surface area contributed by atoms with Crippen molar-refractivity contribution in [3.05, 3.63) is 101 Å². The highest BCUT2D eigenvalue weighted by atomic mass is 35.5. The van der Waals surface area contributed by atoms with Gasteiger partial charge in [0, 0.05) is 30.6 Å². The minimum atomic E-state index is -1.29. The Labute approximate surface area is 264 Å². The normalized spacial score (nSPS) is 18.6.